The Bertz CT molecular complexity index is 337. The van der Waals surface area contributed by atoms with Gasteiger partial charge in [0.05, 0.1) is 0 Å². The molecule has 2 aliphatic carbocycles. The Morgan fingerprint density at radius 2 is 1.24 bits per heavy atom. The highest BCUT2D eigenvalue weighted by Crippen LogP contribution is 2.39. The molecule has 0 saturated heterocycles. The Morgan fingerprint density at radius 3 is 1.57 bits per heavy atom. The highest BCUT2D eigenvalue weighted by atomic mass is 16.5. The fraction of sp³-hybridized carbons (Fsp3) is 0.684. The van der Waals surface area contributed by atoms with E-state index in [9.17, 15) is 5.21 Å². The molecular weight excluding hydrogens is 258 g/mol. The molecule has 3 rings (SSSR count). The van der Waals surface area contributed by atoms with Crippen LogP contribution in [0.5, 0.6) is 0 Å². The van der Waals surface area contributed by atoms with Gasteiger partial charge in [-0.05, 0) is 48.6 Å². The van der Waals surface area contributed by atoms with Gasteiger partial charge in [-0.25, -0.2) is 5.48 Å². The summed E-state index contributed by atoms with van der Waals surface area (Å²) in [5, 5.41) is 9.23. The standard InChI is InChI=1S/C13H17NO.3C2H6.H2/c15-14-13-11-5-6-12(13)8-10-4-2-1-3-9(10)7-11;3*1-2;/h1-4,11-15H,5-8H2;3*1-2H3;1H/t11-,12?,13?;;;;/m1..../s1. The van der Waals surface area contributed by atoms with E-state index < -0.39 is 0 Å². The lowest BCUT2D eigenvalue weighted by Crippen LogP contribution is -2.35. The zero-order chi connectivity index (χ0) is 16.3. The van der Waals surface area contributed by atoms with Gasteiger partial charge in [0, 0.05) is 7.47 Å². The Balaban J connectivity index is 0. The molecule has 0 aromatic heterocycles. The van der Waals surface area contributed by atoms with Gasteiger partial charge in [-0.1, -0.05) is 65.8 Å². The van der Waals surface area contributed by atoms with Gasteiger partial charge >= 0.3 is 0 Å². The summed E-state index contributed by atoms with van der Waals surface area (Å²) in [5.41, 5.74) is 5.52. The van der Waals surface area contributed by atoms with Gasteiger partial charge in [0.1, 0.15) is 0 Å². The van der Waals surface area contributed by atoms with Crippen molar-refractivity contribution >= 4 is 0 Å². The van der Waals surface area contributed by atoms with Gasteiger partial charge in [0.25, 0.3) is 0 Å². The predicted molar refractivity (Wildman–Crippen MR) is 94.9 cm³/mol. The topological polar surface area (TPSA) is 32.3 Å². The number of benzene rings is 1. The van der Waals surface area contributed by atoms with Crippen LogP contribution in [0.3, 0.4) is 0 Å². The number of nitrogens with one attached hydrogen (secondary N) is 1. The maximum absolute atomic E-state index is 9.23. The minimum absolute atomic E-state index is 0. The maximum Gasteiger partial charge on any atom is 0.0382 e. The Hall–Kier alpha value is -0.860. The molecule has 2 unspecified atom stereocenters. The molecule has 0 heterocycles. The van der Waals surface area contributed by atoms with E-state index in [1.54, 1.807) is 0 Å². The van der Waals surface area contributed by atoms with Crippen molar-refractivity contribution in [3.63, 3.8) is 0 Å². The monoisotopic (exact) mass is 295 g/mol. The quantitative estimate of drug-likeness (QED) is 0.672. The molecule has 1 aromatic carbocycles. The molecule has 1 fully saturated rings. The summed E-state index contributed by atoms with van der Waals surface area (Å²) in [6.07, 6.45) is 4.78. The van der Waals surface area contributed by atoms with E-state index >= 15 is 0 Å². The number of fused-ring (bicyclic) bond motifs is 3. The Morgan fingerprint density at radius 1 is 0.857 bits per heavy atom. The first-order valence-corrected chi connectivity index (χ1v) is 8.85. The van der Waals surface area contributed by atoms with Crippen LogP contribution in [0.2, 0.25) is 0 Å². The minimum atomic E-state index is 0. The molecule has 0 aliphatic heterocycles. The Kier molecular flexibility index (Phi) is 11.3. The molecule has 3 atom stereocenters. The highest BCUT2D eigenvalue weighted by molar-refractivity contribution is 5.30. The summed E-state index contributed by atoms with van der Waals surface area (Å²) < 4.78 is 0. The van der Waals surface area contributed by atoms with Crippen LogP contribution in [0.15, 0.2) is 24.3 Å². The molecule has 21 heavy (non-hydrogen) atoms. The average Bonchev–Trinajstić information content (AvgIpc) is 2.87. The van der Waals surface area contributed by atoms with E-state index in [0.29, 0.717) is 17.9 Å². The van der Waals surface area contributed by atoms with Gasteiger partial charge in [-0.3, -0.25) is 0 Å². The van der Waals surface area contributed by atoms with E-state index in [2.05, 4.69) is 29.7 Å². The van der Waals surface area contributed by atoms with Crippen molar-refractivity contribution in [3.05, 3.63) is 35.4 Å². The third-order valence-corrected chi connectivity index (χ3v) is 4.16. The second-order valence-corrected chi connectivity index (χ2v) is 4.93. The fourth-order valence-electron chi connectivity index (χ4n) is 3.36. The minimum Gasteiger partial charge on any atom is -0.317 e. The van der Waals surface area contributed by atoms with Crippen LogP contribution in [-0.4, -0.2) is 11.2 Å². The van der Waals surface area contributed by atoms with Gasteiger partial charge in [0.2, 0.25) is 0 Å². The molecule has 2 heteroatoms. The molecule has 1 saturated carbocycles. The molecule has 1 aromatic rings. The molecule has 124 valence electrons. The number of hydrogen-bond acceptors (Lipinski definition) is 2. The summed E-state index contributed by atoms with van der Waals surface area (Å²) >= 11 is 0. The van der Waals surface area contributed by atoms with Crippen molar-refractivity contribution in [2.75, 3.05) is 0 Å². The third-order valence-electron chi connectivity index (χ3n) is 4.16. The highest BCUT2D eigenvalue weighted by Gasteiger charge is 2.38. The SMILES string of the molecule is CC.CC.CC.ONC1C2CC[C@@H]1Cc1ccccc1C2.[HH]. The van der Waals surface area contributed by atoms with Crippen molar-refractivity contribution in [3.8, 4) is 0 Å². The van der Waals surface area contributed by atoms with Gasteiger partial charge in [0.15, 0.2) is 0 Å². The summed E-state index contributed by atoms with van der Waals surface area (Å²) in [6, 6.07) is 9.05. The first-order valence-electron chi connectivity index (χ1n) is 8.85. The summed E-state index contributed by atoms with van der Waals surface area (Å²) in [7, 11) is 0. The summed E-state index contributed by atoms with van der Waals surface area (Å²) in [5.74, 6) is 1.26. The molecule has 0 radical (unpaired) electrons. The molecule has 2 aliphatic rings. The van der Waals surface area contributed by atoms with E-state index in [-0.39, 0.29) is 1.43 Å². The first-order chi connectivity index (χ1) is 10.4. The van der Waals surface area contributed by atoms with Gasteiger partial charge < -0.3 is 5.21 Å². The Labute approximate surface area is 133 Å². The molecule has 0 amide bonds. The maximum atomic E-state index is 9.23. The lowest BCUT2D eigenvalue weighted by molar-refractivity contribution is 0.0895. The van der Waals surface area contributed by atoms with Crippen molar-refractivity contribution < 1.29 is 6.63 Å². The van der Waals surface area contributed by atoms with E-state index in [1.165, 1.54) is 24.0 Å². The second-order valence-electron chi connectivity index (χ2n) is 4.93. The second kappa shape index (κ2) is 11.8. The number of hydrogen-bond donors (Lipinski definition) is 2. The molecular formula is C19H37NO. The van der Waals surface area contributed by atoms with E-state index in [1.807, 2.05) is 41.5 Å². The average molecular weight is 296 g/mol. The number of hydroxylamine groups is 1. The van der Waals surface area contributed by atoms with E-state index in [0.717, 1.165) is 12.8 Å². The lowest BCUT2D eigenvalue weighted by atomic mass is 9.94. The molecule has 2 nitrogen and oxygen atoms in total. The van der Waals surface area contributed by atoms with Crippen molar-refractivity contribution in [2.24, 2.45) is 11.8 Å². The van der Waals surface area contributed by atoms with Crippen molar-refractivity contribution in [2.45, 2.75) is 73.3 Å². The zero-order valence-electron chi connectivity index (χ0n) is 14.8. The fourth-order valence-corrected chi connectivity index (χ4v) is 3.36. The molecule has 0 spiro atoms. The van der Waals surface area contributed by atoms with Crippen LogP contribution >= 0.6 is 0 Å². The zero-order valence-corrected chi connectivity index (χ0v) is 14.8. The van der Waals surface area contributed by atoms with Gasteiger partial charge in [-0.2, -0.15) is 0 Å². The van der Waals surface area contributed by atoms with Crippen LogP contribution in [0.1, 0.15) is 66.9 Å². The lowest BCUT2D eigenvalue weighted by Gasteiger charge is -2.19. The predicted octanol–water partition coefficient (Wildman–Crippen LogP) is 5.48. The largest absolute Gasteiger partial charge is 0.317 e. The molecule has 2 bridgehead atoms. The van der Waals surface area contributed by atoms with E-state index in [4.69, 9.17) is 0 Å². The van der Waals surface area contributed by atoms with Crippen molar-refractivity contribution in [1.82, 2.24) is 5.48 Å². The smallest absolute Gasteiger partial charge is 0.0382 e. The number of rotatable bonds is 1. The van der Waals surface area contributed by atoms with Crippen LogP contribution in [0.25, 0.3) is 0 Å². The normalized spacial score (nSPS) is 24.8. The molecule has 2 N–H and O–H groups in total. The van der Waals surface area contributed by atoms with Crippen molar-refractivity contribution in [1.29, 1.82) is 0 Å². The van der Waals surface area contributed by atoms with Crippen LogP contribution < -0.4 is 5.48 Å². The van der Waals surface area contributed by atoms with Crippen LogP contribution in [0, 0.1) is 11.8 Å². The van der Waals surface area contributed by atoms with Crippen LogP contribution in [0.4, 0.5) is 0 Å². The third kappa shape index (κ3) is 5.12. The summed E-state index contributed by atoms with van der Waals surface area (Å²) in [6.45, 7) is 12.0. The van der Waals surface area contributed by atoms with Crippen LogP contribution in [-0.2, 0) is 12.8 Å². The summed E-state index contributed by atoms with van der Waals surface area (Å²) in [4.78, 5) is 0. The first kappa shape index (κ1) is 20.1. The van der Waals surface area contributed by atoms with Gasteiger partial charge in [-0.15, -0.1) is 0 Å².